The highest BCUT2D eigenvalue weighted by Gasteiger charge is 2.53. The number of amides is 3. The predicted octanol–water partition coefficient (Wildman–Crippen LogP) is 4.00. The largest absolute Gasteiger partial charge is 0.338 e. The molecule has 4 rings (SSSR count). The van der Waals surface area contributed by atoms with Crippen LogP contribution in [0.1, 0.15) is 18.4 Å². The number of benzene rings is 2. The molecule has 7 heteroatoms. The molecular formula is C21H21BrFN3O2. The second kappa shape index (κ2) is 7.54. The van der Waals surface area contributed by atoms with Gasteiger partial charge in [0.1, 0.15) is 5.82 Å². The summed E-state index contributed by atoms with van der Waals surface area (Å²) in [5.41, 5.74) is 1.21. The number of carbonyl (C=O) groups is 2. The second-order valence-corrected chi connectivity index (χ2v) is 8.22. The fourth-order valence-corrected chi connectivity index (χ4v) is 4.09. The Morgan fingerprint density at radius 3 is 2.21 bits per heavy atom. The zero-order chi connectivity index (χ0) is 19.7. The number of anilines is 1. The highest BCUT2D eigenvalue weighted by atomic mass is 79.9. The predicted molar refractivity (Wildman–Crippen MR) is 109 cm³/mol. The van der Waals surface area contributed by atoms with Gasteiger partial charge >= 0.3 is 6.03 Å². The van der Waals surface area contributed by atoms with Gasteiger partial charge in [0.25, 0.3) is 0 Å². The van der Waals surface area contributed by atoms with Gasteiger partial charge in [-0.2, -0.15) is 0 Å². The summed E-state index contributed by atoms with van der Waals surface area (Å²) in [4.78, 5) is 29.1. The number of nitrogens with zero attached hydrogens (tertiary/aromatic N) is 2. The Hall–Kier alpha value is -2.41. The Morgan fingerprint density at radius 1 is 0.964 bits per heavy atom. The van der Waals surface area contributed by atoms with Gasteiger partial charge in [0, 0.05) is 36.3 Å². The second-order valence-electron chi connectivity index (χ2n) is 7.31. The van der Waals surface area contributed by atoms with E-state index >= 15 is 0 Å². The molecule has 1 saturated carbocycles. The highest BCUT2D eigenvalue weighted by Crippen LogP contribution is 2.50. The van der Waals surface area contributed by atoms with Crippen LogP contribution in [-0.4, -0.2) is 47.9 Å². The molecular weight excluding hydrogens is 425 g/mol. The summed E-state index contributed by atoms with van der Waals surface area (Å²) in [6, 6.07) is 13.4. The quantitative estimate of drug-likeness (QED) is 0.775. The normalized spacial score (nSPS) is 17.9. The van der Waals surface area contributed by atoms with Crippen molar-refractivity contribution in [1.82, 2.24) is 9.80 Å². The van der Waals surface area contributed by atoms with Crippen molar-refractivity contribution >= 4 is 33.6 Å². The van der Waals surface area contributed by atoms with Crippen molar-refractivity contribution in [3.8, 4) is 0 Å². The summed E-state index contributed by atoms with van der Waals surface area (Å²) in [6.07, 6.45) is 1.74. The molecule has 2 aromatic carbocycles. The SMILES string of the molecule is O=C(Nc1ccc(F)cc1)N1CCN(C(=O)C2(c3cccc(Br)c3)CC2)CC1. The number of urea groups is 1. The maximum atomic E-state index is 13.1. The molecule has 0 aromatic heterocycles. The molecule has 2 aliphatic rings. The van der Waals surface area contributed by atoms with E-state index in [4.69, 9.17) is 0 Å². The van der Waals surface area contributed by atoms with Crippen LogP contribution in [0, 0.1) is 5.82 Å². The van der Waals surface area contributed by atoms with Gasteiger partial charge in [-0.1, -0.05) is 28.1 Å². The summed E-state index contributed by atoms with van der Waals surface area (Å²) in [5, 5.41) is 2.77. The van der Waals surface area contributed by atoms with Crippen LogP contribution in [0.4, 0.5) is 14.9 Å². The monoisotopic (exact) mass is 445 g/mol. The topological polar surface area (TPSA) is 52.7 Å². The minimum atomic E-state index is -0.400. The Labute approximate surface area is 171 Å². The molecule has 3 amide bonds. The summed E-state index contributed by atoms with van der Waals surface area (Å²) in [6.45, 7) is 2.00. The molecule has 1 N–H and O–H groups in total. The average Bonchev–Trinajstić information content (AvgIpc) is 3.51. The molecule has 0 unspecified atom stereocenters. The van der Waals surface area contributed by atoms with Gasteiger partial charge in [-0.05, 0) is 54.8 Å². The third-order valence-electron chi connectivity index (χ3n) is 5.49. The standard InChI is InChI=1S/C21H21BrFN3O2/c22-16-3-1-2-15(14-16)21(8-9-21)19(27)25-10-12-26(13-11-25)20(28)24-18-6-4-17(23)5-7-18/h1-7,14H,8-13H2,(H,24,28). The first kappa shape index (κ1) is 18.9. The van der Waals surface area contributed by atoms with Crippen LogP contribution in [0.25, 0.3) is 0 Å². The van der Waals surface area contributed by atoms with E-state index < -0.39 is 5.41 Å². The van der Waals surface area contributed by atoms with Gasteiger partial charge in [-0.15, -0.1) is 0 Å². The molecule has 5 nitrogen and oxygen atoms in total. The number of halogens is 2. The number of rotatable bonds is 3. The van der Waals surface area contributed by atoms with Crippen molar-refractivity contribution in [2.45, 2.75) is 18.3 Å². The number of piperazine rings is 1. The zero-order valence-electron chi connectivity index (χ0n) is 15.3. The number of hydrogen-bond acceptors (Lipinski definition) is 2. The maximum absolute atomic E-state index is 13.1. The van der Waals surface area contributed by atoms with Crippen LogP contribution >= 0.6 is 15.9 Å². The van der Waals surface area contributed by atoms with Crippen LogP contribution in [0.5, 0.6) is 0 Å². The van der Waals surface area contributed by atoms with Gasteiger partial charge in [-0.3, -0.25) is 4.79 Å². The van der Waals surface area contributed by atoms with Crippen molar-refractivity contribution in [3.63, 3.8) is 0 Å². The third-order valence-corrected chi connectivity index (χ3v) is 5.98. The first-order valence-corrected chi connectivity index (χ1v) is 10.1. The first-order valence-electron chi connectivity index (χ1n) is 9.35. The number of hydrogen-bond donors (Lipinski definition) is 1. The lowest BCUT2D eigenvalue weighted by atomic mass is 9.94. The van der Waals surface area contributed by atoms with Crippen LogP contribution in [0.2, 0.25) is 0 Å². The third kappa shape index (κ3) is 3.76. The Bertz CT molecular complexity index is 891. The van der Waals surface area contributed by atoms with Crippen molar-refractivity contribution in [2.24, 2.45) is 0 Å². The summed E-state index contributed by atoms with van der Waals surface area (Å²) in [5.74, 6) is -0.186. The number of carbonyl (C=O) groups excluding carboxylic acids is 2. The molecule has 1 heterocycles. The van der Waals surface area contributed by atoms with Crippen molar-refractivity contribution in [2.75, 3.05) is 31.5 Å². The van der Waals surface area contributed by atoms with E-state index in [1.807, 2.05) is 29.2 Å². The molecule has 2 aromatic rings. The molecule has 1 saturated heterocycles. The van der Waals surface area contributed by atoms with Crippen LogP contribution < -0.4 is 5.32 Å². The Morgan fingerprint density at radius 2 is 1.61 bits per heavy atom. The van der Waals surface area contributed by atoms with Crippen molar-refractivity contribution in [1.29, 1.82) is 0 Å². The molecule has 0 spiro atoms. The van der Waals surface area contributed by atoms with E-state index in [2.05, 4.69) is 21.2 Å². The van der Waals surface area contributed by atoms with Gasteiger partial charge < -0.3 is 15.1 Å². The fraction of sp³-hybridized carbons (Fsp3) is 0.333. The van der Waals surface area contributed by atoms with E-state index in [1.165, 1.54) is 24.3 Å². The summed E-state index contributed by atoms with van der Waals surface area (Å²) in [7, 11) is 0. The molecule has 1 aliphatic carbocycles. The van der Waals surface area contributed by atoms with E-state index in [-0.39, 0.29) is 17.8 Å². The minimum Gasteiger partial charge on any atom is -0.338 e. The first-order chi connectivity index (χ1) is 13.5. The zero-order valence-corrected chi connectivity index (χ0v) is 16.9. The van der Waals surface area contributed by atoms with E-state index in [0.29, 0.717) is 31.9 Å². The molecule has 28 heavy (non-hydrogen) atoms. The lowest BCUT2D eigenvalue weighted by Crippen LogP contribution is -2.53. The van der Waals surface area contributed by atoms with E-state index in [9.17, 15) is 14.0 Å². The lowest BCUT2D eigenvalue weighted by molar-refractivity contribution is -0.135. The molecule has 0 atom stereocenters. The highest BCUT2D eigenvalue weighted by molar-refractivity contribution is 9.10. The van der Waals surface area contributed by atoms with Gasteiger partial charge in [0.05, 0.1) is 5.41 Å². The fourth-order valence-electron chi connectivity index (χ4n) is 3.69. The van der Waals surface area contributed by atoms with Crippen LogP contribution in [-0.2, 0) is 10.2 Å². The van der Waals surface area contributed by atoms with Crippen LogP contribution in [0.3, 0.4) is 0 Å². The Kier molecular flexibility index (Phi) is 5.10. The lowest BCUT2D eigenvalue weighted by Gasteiger charge is -2.36. The van der Waals surface area contributed by atoms with Gasteiger partial charge in [0.2, 0.25) is 5.91 Å². The van der Waals surface area contributed by atoms with Crippen molar-refractivity contribution < 1.29 is 14.0 Å². The molecule has 0 radical (unpaired) electrons. The van der Waals surface area contributed by atoms with E-state index in [0.717, 1.165) is 22.9 Å². The maximum Gasteiger partial charge on any atom is 0.321 e. The summed E-state index contributed by atoms with van der Waals surface area (Å²) < 4.78 is 14.0. The number of nitrogens with one attached hydrogen (secondary N) is 1. The van der Waals surface area contributed by atoms with E-state index in [1.54, 1.807) is 4.90 Å². The van der Waals surface area contributed by atoms with Gasteiger partial charge in [-0.25, -0.2) is 9.18 Å². The summed E-state index contributed by atoms with van der Waals surface area (Å²) >= 11 is 3.49. The average molecular weight is 446 g/mol. The Balaban J connectivity index is 1.35. The molecule has 1 aliphatic heterocycles. The van der Waals surface area contributed by atoms with Gasteiger partial charge in [0.15, 0.2) is 0 Å². The van der Waals surface area contributed by atoms with Crippen LogP contribution in [0.15, 0.2) is 53.0 Å². The minimum absolute atomic E-state index is 0.157. The van der Waals surface area contributed by atoms with Crippen molar-refractivity contribution in [3.05, 3.63) is 64.4 Å². The molecule has 146 valence electrons. The molecule has 0 bridgehead atoms. The molecule has 2 fully saturated rings. The smallest absolute Gasteiger partial charge is 0.321 e.